The molecule has 2 aromatic heterocycles. The monoisotopic (exact) mass is 299 g/mol. The van der Waals surface area contributed by atoms with E-state index in [1.165, 1.54) is 5.56 Å². The number of carbonyl (C=O) groups excluding carboxylic acids is 1. The Balaban J connectivity index is 1.57. The average Bonchev–Trinajstić information content (AvgIpc) is 2.87. The lowest BCUT2D eigenvalue weighted by molar-refractivity contribution is 0.0627. The maximum Gasteiger partial charge on any atom is 0.257 e. The van der Waals surface area contributed by atoms with E-state index < -0.39 is 0 Å². The van der Waals surface area contributed by atoms with E-state index in [0.717, 1.165) is 38.4 Å². The van der Waals surface area contributed by atoms with Crippen LogP contribution in [0.2, 0.25) is 0 Å². The van der Waals surface area contributed by atoms with Crippen LogP contribution in [0.5, 0.6) is 0 Å². The highest BCUT2D eigenvalue weighted by Crippen LogP contribution is 2.13. The molecule has 1 amide bonds. The van der Waals surface area contributed by atoms with Crippen LogP contribution in [-0.4, -0.2) is 56.7 Å². The second-order valence-electron chi connectivity index (χ2n) is 5.73. The molecule has 1 saturated heterocycles. The first kappa shape index (κ1) is 14.7. The van der Waals surface area contributed by atoms with Crippen molar-refractivity contribution in [1.82, 2.24) is 24.6 Å². The summed E-state index contributed by atoms with van der Waals surface area (Å²) in [5.41, 5.74) is 2.77. The van der Waals surface area contributed by atoms with Gasteiger partial charge in [0.1, 0.15) is 0 Å². The molecule has 0 aromatic carbocycles. The number of nitrogens with zero attached hydrogens (tertiary/aromatic N) is 5. The molecular weight excluding hydrogens is 278 g/mol. The summed E-state index contributed by atoms with van der Waals surface area (Å²) in [6.07, 6.45) is 5.45. The summed E-state index contributed by atoms with van der Waals surface area (Å²) in [6, 6.07) is 4.08. The van der Waals surface area contributed by atoms with Gasteiger partial charge >= 0.3 is 0 Å². The third-order valence-corrected chi connectivity index (χ3v) is 4.06. The van der Waals surface area contributed by atoms with Crippen molar-refractivity contribution >= 4 is 5.91 Å². The smallest absolute Gasteiger partial charge is 0.257 e. The number of pyridine rings is 1. The number of hydrogen-bond donors (Lipinski definition) is 0. The third-order valence-electron chi connectivity index (χ3n) is 4.06. The summed E-state index contributed by atoms with van der Waals surface area (Å²) in [5, 5.41) is 4.25. The quantitative estimate of drug-likeness (QED) is 0.851. The van der Waals surface area contributed by atoms with E-state index in [9.17, 15) is 4.79 Å². The van der Waals surface area contributed by atoms with Gasteiger partial charge in [-0.1, -0.05) is 0 Å². The summed E-state index contributed by atoms with van der Waals surface area (Å²) in [7, 11) is 1.84. The zero-order chi connectivity index (χ0) is 15.5. The maximum absolute atomic E-state index is 12.5. The molecule has 0 atom stereocenters. The maximum atomic E-state index is 12.5. The molecule has 2 aromatic rings. The van der Waals surface area contributed by atoms with Crippen LogP contribution in [-0.2, 0) is 13.6 Å². The van der Waals surface area contributed by atoms with Gasteiger partial charge in [-0.3, -0.25) is 19.4 Å². The van der Waals surface area contributed by atoms with Crippen molar-refractivity contribution in [3.05, 3.63) is 47.5 Å². The molecule has 1 fully saturated rings. The van der Waals surface area contributed by atoms with Gasteiger partial charge in [0.2, 0.25) is 0 Å². The summed E-state index contributed by atoms with van der Waals surface area (Å²) < 4.78 is 1.70. The fourth-order valence-corrected chi connectivity index (χ4v) is 2.84. The molecule has 0 bridgehead atoms. The Morgan fingerprint density at radius 2 is 1.86 bits per heavy atom. The van der Waals surface area contributed by atoms with Crippen LogP contribution in [0.3, 0.4) is 0 Å². The van der Waals surface area contributed by atoms with Gasteiger partial charge in [0.25, 0.3) is 5.91 Å². The zero-order valence-corrected chi connectivity index (χ0v) is 13.1. The number of amides is 1. The molecule has 6 heteroatoms. The van der Waals surface area contributed by atoms with E-state index in [1.54, 1.807) is 10.9 Å². The topological polar surface area (TPSA) is 54.3 Å². The summed E-state index contributed by atoms with van der Waals surface area (Å²) in [4.78, 5) is 20.9. The number of aromatic nitrogens is 3. The van der Waals surface area contributed by atoms with E-state index in [-0.39, 0.29) is 5.91 Å². The minimum atomic E-state index is 0.0918. The van der Waals surface area contributed by atoms with Gasteiger partial charge in [-0.2, -0.15) is 5.10 Å². The Morgan fingerprint density at radius 1 is 1.18 bits per heavy atom. The Morgan fingerprint density at radius 3 is 2.45 bits per heavy atom. The SMILES string of the molecule is Cc1nn(C)cc1C(=O)N1CCN(Cc2ccncc2)CC1. The van der Waals surface area contributed by atoms with Crippen molar-refractivity contribution in [3.63, 3.8) is 0 Å². The van der Waals surface area contributed by atoms with Crippen molar-refractivity contribution in [2.75, 3.05) is 26.2 Å². The first-order valence-electron chi connectivity index (χ1n) is 7.54. The minimum absolute atomic E-state index is 0.0918. The lowest BCUT2D eigenvalue weighted by atomic mass is 10.2. The summed E-state index contributed by atoms with van der Waals surface area (Å²) in [5.74, 6) is 0.0918. The van der Waals surface area contributed by atoms with Gasteiger partial charge in [0.15, 0.2) is 0 Å². The molecule has 1 aliphatic rings. The van der Waals surface area contributed by atoms with Crippen LogP contribution in [0.15, 0.2) is 30.7 Å². The Bertz CT molecular complexity index is 644. The molecule has 3 rings (SSSR count). The van der Waals surface area contributed by atoms with Gasteiger partial charge in [-0.05, 0) is 24.6 Å². The van der Waals surface area contributed by atoms with Gasteiger partial charge in [0.05, 0.1) is 11.3 Å². The van der Waals surface area contributed by atoms with E-state index in [4.69, 9.17) is 0 Å². The molecule has 0 saturated carbocycles. The fourth-order valence-electron chi connectivity index (χ4n) is 2.84. The third kappa shape index (κ3) is 3.17. The standard InChI is InChI=1S/C16H21N5O/c1-13-15(12-19(2)18-13)16(22)21-9-7-20(8-10-21)11-14-3-5-17-6-4-14/h3-6,12H,7-11H2,1-2H3. The number of hydrogen-bond acceptors (Lipinski definition) is 4. The van der Waals surface area contributed by atoms with Crippen LogP contribution in [0.25, 0.3) is 0 Å². The molecule has 0 aliphatic carbocycles. The van der Waals surface area contributed by atoms with Gasteiger partial charge in [-0.15, -0.1) is 0 Å². The minimum Gasteiger partial charge on any atom is -0.336 e. The van der Waals surface area contributed by atoms with Crippen molar-refractivity contribution in [2.45, 2.75) is 13.5 Å². The van der Waals surface area contributed by atoms with E-state index in [0.29, 0.717) is 5.56 Å². The van der Waals surface area contributed by atoms with Crippen LogP contribution < -0.4 is 0 Å². The highest BCUT2D eigenvalue weighted by atomic mass is 16.2. The van der Waals surface area contributed by atoms with Crippen LogP contribution in [0, 0.1) is 6.92 Å². The molecule has 0 radical (unpaired) electrons. The molecule has 116 valence electrons. The lowest BCUT2D eigenvalue weighted by Gasteiger charge is -2.34. The second kappa shape index (κ2) is 6.27. The predicted octanol–water partition coefficient (Wildman–Crippen LogP) is 1.08. The normalized spacial score (nSPS) is 16.0. The average molecular weight is 299 g/mol. The van der Waals surface area contributed by atoms with Crippen LogP contribution in [0.1, 0.15) is 21.6 Å². The summed E-state index contributed by atoms with van der Waals surface area (Å²) in [6.45, 7) is 6.11. The predicted molar refractivity (Wildman–Crippen MR) is 83.4 cm³/mol. The Kier molecular flexibility index (Phi) is 4.20. The zero-order valence-electron chi connectivity index (χ0n) is 13.1. The Labute approximate surface area is 130 Å². The molecule has 1 aliphatic heterocycles. The first-order valence-corrected chi connectivity index (χ1v) is 7.54. The summed E-state index contributed by atoms with van der Waals surface area (Å²) >= 11 is 0. The molecular formula is C16H21N5O. The van der Waals surface area contributed by atoms with Crippen molar-refractivity contribution in [2.24, 2.45) is 7.05 Å². The lowest BCUT2D eigenvalue weighted by Crippen LogP contribution is -2.48. The molecule has 0 unspecified atom stereocenters. The number of rotatable bonds is 3. The van der Waals surface area contributed by atoms with Crippen molar-refractivity contribution in [3.8, 4) is 0 Å². The molecule has 0 N–H and O–H groups in total. The van der Waals surface area contributed by atoms with Gasteiger partial charge in [-0.25, -0.2) is 0 Å². The van der Waals surface area contributed by atoms with E-state index in [2.05, 4.69) is 15.0 Å². The molecule has 22 heavy (non-hydrogen) atoms. The highest BCUT2D eigenvalue weighted by molar-refractivity contribution is 5.95. The molecule has 3 heterocycles. The molecule has 6 nitrogen and oxygen atoms in total. The van der Waals surface area contributed by atoms with Crippen LogP contribution in [0.4, 0.5) is 0 Å². The Hall–Kier alpha value is -2.21. The van der Waals surface area contributed by atoms with Crippen molar-refractivity contribution < 1.29 is 4.79 Å². The largest absolute Gasteiger partial charge is 0.336 e. The number of piperazine rings is 1. The van der Waals surface area contributed by atoms with E-state index >= 15 is 0 Å². The number of aryl methyl sites for hydroxylation is 2. The second-order valence-corrected chi connectivity index (χ2v) is 5.73. The van der Waals surface area contributed by atoms with Gasteiger partial charge in [0, 0.05) is 58.4 Å². The van der Waals surface area contributed by atoms with E-state index in [1.807, 2.05) is 43.4 Å². The first-order chi connectivity index (χ1) is 10.6. The number of carbonyl (C=O) groups is 1. The molecule has 0 spiro atoms. The highest BCUT2D eigenvalue weighted by Gasteiger charge is 2.24. The van der Waals surface area contributed by atoms with Crippen LogP contribution >= 0.6 is 0 Å². The van der Waals surface area contributed by atoms with Gasteiger partial charge < -0.3 is 4.90 Å². The fraction of sp³-hybridized carbons (Fsp3) is 0.438. The van der Waals surface area contributed by atoms with Crippen molar-refractivity contribution in [1.29, 1.82) is 0 Å².